The van der Waals surface area contributed by atoms with E-state index in [4.69, 9.17) is 16.3 Å². The lowest BCUT2D eigenvalue weighted by atomic mass is 9.78. The molecule has 3 nitrogen and oxygen atoms in total. The van der Waals surface area contributed by atoms with E-state index in [9.17, 15) is 4.79 Å². The van der Waals surface area contributed by atoms with Crippen molar-refractivity contribution in [2.24, 2.45) is 0 Å². The zero-order chi connectivity index (χ0) is 13.0. The van der Waals surface area contributed by atoms with Crippen molar-refractivity contribution in [1.29, 1.82) is 0 Å². The summed E-state index contributed by atoms with van der Waals surface area (Å²) in [5, 5.41) is 3.05. The van der Waals surface area contributed by atoms with E-state index in [1.54, 1.807) is 7.11 Å². The van der Waals surface area contributed by atoms with E-state index in [0.29, 0.717) is 12.3 Å². The topological polar surface area (TPSA) is 38.3 Å². The van der Waals surface area contributed by atoms with Crippen molar-refractivity contribution >= 4 is 17.5 Å². The number of hydrogen-bond donors (Lipinski definition) is 1. The van der Waals surface area contributed by atoms with E-state index < -0.39 is 0 Å². The lowest BCUT2D eigenvalue weighted by molar-refractivity contribution is -0.123. The Balaban J connectivity index is 1.90. The molecule has 0 bridgehead atoms. The van der Waals surface area contributed by atoms with Crippen molar-refractivity contribution in [2.75, 3.05) is 13.0 Å². The van der Waals surface area contributed by atoms with Gasteiger partial charge in [-0.2, -0.15) is 0 Å². The van der Waals surface area contributed by atoms with E-state index in [2.05, 4.69) is 5.32 Å². The van der Waals surface area contributed by atoms with Crippen LogP contribution in [0.4, 0.5) is 0 Å². The highest BCUT2D eigenvalue weighted by Crippen LogP contribution is 2.32. The molecule has 0 aliphatic heterocycles. The zero-order valence-corrected chi connectivity index (χ0v) is 11.3. The molecule has 1 fully saturated rings. The van der Waals surface area contributed by atoms with Gasteiger partial charge in [0.2, 0.25) is 5.91 Å². The third-order valence-corrected chi connectivity index (χ3v) is 4.01. The molecule has 1 aliphatic carbocycles. The summed E-state index contributed by atoms with van der Waals surface area (Å²) in [6.07, 6.45) is 3.52. The standard InChI is InChI=1S/C14H18ClNO2/c1-18-12-5-3-11(4-6-12)9-13(17)16-14(10-15)7-2-8-14/h3-6H,2,7-10H2,1H3,(H,16,17). The number of alkyl halides is 1. The van der Waals surface area contributed by atoms with Crippen LogP contribution in [0.2, 0.25) is 0 Å². The number of carbonyl (C=O) groups excluding carboxylic acids is 1. The Morgan fingerprint density at radius 2 is 2.06 bits per heavy atom. The highest BCUT2D eigenvalue weighted by atomic mass is 35.5. The fraction of sp³-hybridized carbons (Fsp3) is 0.500. The lowest BCUT2D eigenvalue weighted by Crippen LogP contribution is -2.55. The highest BCUT2D eigenvalue weighted by Gasteiger charge is 2.37. The first-order valence-corrected chi connectivity index (χ1v) is 6.71. The van der Waals surface area contributed by atoms with E-state index in [0.717, 1.165) is 30.6 Å². The van der Waals surface area contributed by atoms with Gasteiger partial charge < -0.3 is 10.1 Å². The second-order valence-electron chi connectivity index (χ2n) is 4.84. The van der Waals surface area contributed by atoms with Crippen molar-refractivity contribution in [3.63, 3.8) is 0 Å². The fourth-order valence-corrected chi connectivity index (χ4v) is 2.50. The summed E-state index contributed by atoms with van der Waals surface area (Å²) in [5.41, 5.74) is 0.836. The van der Waals surface area contributed by atoms with Crippen LogP contribution in [0, 0.1) is 0 Å². The average Bonchev–Trinajstić information content (AvgIpc) is 2.35. The number of rotatable bonds is 5. The van der Waals surface area contributed by atoms with Gasteiger partial charge >= 0.3 is 0 Å². The Labute approximate surface area is 112 Å². The number of halogens is 1. The SMILES string of the molecule is COc1ccc(CC(=O)NC2(CCl)CCC2)cc1. The van der Waals surface area contributed by atoms with Crippen LogP contribution >= 0.6 is 11.6 Å². The van der Waals surface area contributed by atoms with Gasteiger partial charge in [0.15, 0.2) is 0 Å². The van der Waals surface area contributed by atoms with Crippen molar-refractivity contribution in [1.82, 2.24) is 5.32 Å². The van der Waals surface area contributed by atoms with Gasteiger partial charge in [0.25, 0.3) is 0 Å². The molecule has 2 rings (SSSR count). The van der Waals surface area contributed by atoms with Crippen LogP contribution < -0.4 is 10.1 Å². The number of amides is 1. The summed E-state index contributed by atoms with van der Waals surface area (Å²) >= 11 is 5.92. The summed E-state index contributed by atoms with van der Waals surface area (Å²) in [6, 6.07) is 7.55. The molecule has 0 unspecified atom stereocenters. The minimum atomic E-state index is -0.148. The first-order valence-electron chi connectivity index (χ1n) is 6.17. The maximum atomic E-state index is 11.9. The Morgan fingerprint density at radius 3 is 2.50 bits per heavy atom. The smallest absolute Gasteiger partial charge is 0.224 e. The fourth-order valence-electron chi connectivity index (χ4n) is 2.16. The third kappa shape index (κ3) is 2.96. The minimum absolute atomic E-state index is 0.0421. The lowest BCUT2D eigenvalue weighted by Gasteiger charge is -2.41. The Kier molecular flexibility index (Phi) is 4.12. The van der Waals surface area contributed by atoms with Crippen molar-refractivity contribution in [3.05, 3.63) is 29.8 Å². The van der Waals surface area contributed by atoms with Crippen molar-refractivity contribution in [3.8, 4) is 5.75 Å². The maximum absolute atomic E-state index is 11.9. The van der Waals surface area contributed by atoms with Crippen LogP contribution in [0.25, 0.3) is 0 Å². The van der Waals surface area contributed by atoms with Crippen LogP contribution in [0.1, 0.15) is 24.8 Å². The normalized spacial score (nSPS) is 16.8. The molecule has 0 spiro atoms. The molecule has 98 valence electrons. The third-order valence-electron chi connectivity index (χ3n) is 3.49. The van der Waals surface area contributed by atoms with Gasteiger partial charge in [-0.25, -0.2) is 0 Å². The number of nitrogens with one attached hydrogen (secondary N) is 1. The Bertz CT molecular complexity index is 407. The molecule has 0 saturated heterocycles. The summed E-state index contributed by atoms with van der Waals surface area (Å²) in [6.45, 7) is 0. The predicted molar refractivity (Wildman–Crippen MR) is 72.1 cm³/mol. The van der Waals surface area contributed by atoms with Gasteiger partial charge in [0.05, 0.1) is 19.1 Å². The quantitative estimate of drug-likeness (QED) is 0.833. The Hall–Kier alpha value is -1.22. The molecule has 1 aliphatic rings. The summed E-state index contributed by atoms with van der Waals surface area (Å²) in [4.78, 5) is 11.9. The molecule has 0 radical (unpaired) electrons. The second-order valence-corrected chi connectivity index (χ2v) is 5.11. The van der Waals surface area contributed by atoms with Crippen molar-refractivity contribution < 1.29 is 9.53 Å². The van der Waals surface area contributed by atoms with Crippen molar-refractivity contribution in [2.45, 2.75) is 31.2 Å². The number of carbonyl (C=O) groups is 1. The van der Waals surface area contributed by atoms with Gasteiger partial charge in [-0.05, 0) is 37.0 Å². The van der Waals surface area contributed by atoms with Crippen LogP contribution in [0.3, 0.4) is 0 Å². The van der Waals surface area contributed by atoms with Crippen LogP contribution in [-0.4, -0.2) is 24.4 Å². The van der Waals surface area contributed by atoms with Crippen LogP contribution in [0.15, 0.2) is 24.3 Å². The first kappa shape index (κ1) is 13.2. The monoisotopic (exact) mass is 267 g/mol. The van der Waals surface area contributed by atoms with E-state index >= 15 is 0 Å². The molecular formula is C14H18ClNO2. The van der Waals surface area contributed by atoms with Gasteiger partial charge in [-0.3, -0.25) is 4.79 Å². The predicted octanol–water partition coefficient (Wildman–Crippen LogP) is 2.52. The molecule has 18 heavy (non-hydrogen) atoms. The molecular weight excluding hydrogens is 250 g/mol. The molecule has 1 aromatic carbocycles. The molecule has 0 heterocycles. The largest absolute Gasteiger partial charge is 0.497 e. The summed E-state index contributed by atoms with van der Waals surface area (Å²) in [5.74, 6) is 1.34. The molecule has 0 atom stereocenters. The number of methoxy groups -OCH3 is 1. The van der Waals surface area contributed by atoms with Gasteiger partial charge in [-0.15, -0.1) is 11.6 Å². The molecule has 1 saturated carbocycles. The highest BCUT2D eigenvalue weighted by molar-refractivity contribution is 6.18. The number of ether oxygens (including phenoxy) is 1. The summed E-state index contributed by atoms with van der Waals surface area (Å²) < 4.78 is 5.08. The molecule has 1 N–H and O–H groups in total. The Morgan fingerprint density at radius 1 is 1.39 bits per heavy atom. The van der Waals surface area contributed by atoms with Gasteiger partial charge in [0, 0.05) is 5.88 Å². The first-order chi connectivity index (χ1) is 8.67. The molecule has 4 heteroatoms. The van der Waals surface area contributed by atoms with Gasteiger partial charge in [0.1, 0.15) is 5.75 Å². The van der Waals surface area contributed by atoms with E-state index in [1.807, 2.05) is 24.3 Å². The number of hydrogen-bond acceptors (Lipinski definition) is 2. The molecule has 1 amide bonds. The van der Waals surface area contributed by atoms with E-state index in [1.165, 1.54) is 0 Å². The maximum Gasteiger partial charge on any atom is 0.224 e. The van der Waals surface area contributed by atoms with Crippen LogP contribution in [-0.2, 0) is 11.2 Å². The van der Waals surface area contributed by atoms with Crippen LogP contribution in [0.5, 0.6) is 5.75 Å². The molecule has 1 aromatic rings. The second kappa shape index (κ2) is 5.61. The minimum Gasteiger partial charge on any atom is -0.497 e. The average molecular weight is 268 g/mol. The van der Waals surface area contributed by atoms with E-state index in [-0.39, 0.29) is 11.4 Å². The zero-order valence-electron chi connectivity index (χ0n) is 10.5. The summed E-state index contributed by atoms with van der Waals surface area (Å²) in [7, 11) is 1.63. The molecule has 0 aromatic heterocycles. The van der Waals surface area contributed by atoms with Gasteiger partial charge in [-0.1, -0.05) is 12.1 Å². The number of benzene rings is 1.